The van der Waals surface area contributed by atoms with Crippen molar-refractivity contribution in [2.75, 3.05) is 0 Å². The van der Waals surface area contributed by atoms with Crippen LogP contribution in [0.4, 0.5) is 0 Å². The SMILES string of the molecule is C=CC(=O)OCc1ccc(OCc2ccccc2)cc1. The summed E-state index contributed by atoms with van der Waals surface area (Å²) in [6.45, 7) is 4.12. The van der Waals surface area contributed by atoms with E-state index in [4.69, 9.17) is 9.47 Å². The Bertz CT molecular complexity index is 559. The maximum atomic E-state index is 10.9. The van der Waals surface area contributed by atoms with Crippen LogP contribution in [0.25, 0.3) is 0 Å². The van der Waals surface area contributed by atoms with Gasteiger partial charge in [0.2, 0.25) is 0 Å². The molecule has 0 aliphatic heterocycles. The van der Waals surface area contributed by atoms with E-state index in [1.165, 1.54) is 0 Å². The van der Waals surface area contributed by atoms with Crippen LogP contribution >= 0.6 is 0 Å². The second-order valence-electron chi connectivity index (χ2n) is 4.23. The van der Waals surface area contributed by atoms with Crippen LogP contribution in [0.5, 0.6) is 5.75 Å². The number of hydrogen-bond acceptors (Lipinski definition) is 3. The molecule has 0 saturated heterocycles. The van der Waals surface area contributed by atoms with Crippen LogP contribution in [0.3, 0.4) is 0 Å². The molecular weight excluding hydrogens is 252 g/mol. The van der Waals surface area contributed by atoms with Crippen LogP contribution in [-0.4, -0.2) is 5.97 Å². The Balaban J connectivity index is 1.85. The summed E-state index contributed by atoms with van der Waals surface area (Å²) in [5.41, 5.74) is 2.03. The molecule has 0 amide bonds. The number of esters is 1. The molecule has 3 nitrogen and oxygen atoms in total. The van der Waals surface area contributed by atoms with Crippen molar-refractivity contribution in [3.05, 3.63) is 78.4 Å². The summed E-state index contributed by atoms with van der Waals surface area (Å²) >= 11 is 0. The summed E-state index contributed by atoms with van der Waals surface area (Å²) in [5.74, 6) is 0.363. The van der Waals surface area contributed by atoms with Gasteiger partial charge in [-0.25, -0.2) is 4.79 Å². The molecule has 0 saturated carbocycles. The van der Waals surface area contributed by atoms with Crippen molar-refractivity contribution in [1.82, 2.24) is 0 Å². The fourth-order valence-corrected chi connectivity index (χ4v) is 1.64. The van der Waals surface area contributed by atoms with E-state index in [2.05, 4.69) is 6.58 Å². The molecule has 0 unspecified atom stereocenters. The second-order valence-corrected chi connectivity index (χ2v) is 4.23. The minimum absolute atomic E-state index is 0.240. The number of rotatable bonds is 6. The van der Waals surface area contributed by atoms with E-state index in [0.717, 1.165) is 23.0 Å². The molecular formula is C17H16O3. The monoisotopic (exact) mass is 268 g/mol. The van der Waals surface area contributed by atoms with Crippen LogP contribution in [0.1, 0.15) is 11.1 Å². The van der Waals surface area contributed by atoms with Crippen molar-refractivity contribution in [2.45, 2.75) is 13.2 Å². The van der Waals surface area contributed by atoms with E-state index in [0.29, 0.717) is 6.61 Å². The van der Waals surface area contributed by atoms with Gasteiger partial charge < -0.3 is 9.47 Å². The lowest BCUT2D eigenvalue weighted by Gasteiger charge is -2.07. The number of carbonyl (C=O) groups is 1. The third kappa shape index (κ3) is 4.28. The van der Waals surface area contributed by atoms with E-state index >= 15 is 0 Å². The molecule has 0 aliphatic rings. The zero-order valence-corrected chi connectivity index (χ0v) is 11.1. The zero-order valence-electron chi connectivity index (χ0n) is 11.1. The van der Waals surface area contributed by atoms with E-state index in [1.54, 1.807) is 0 Å². The summed E-state index contributed by atoms with van der Waals surface area (Å²) in [6.07, 6.45) is 1.15. The molecule has 0 heterocycles. The summed E-state index contributed by atoms with van der Waals surface area (Å²) in [5, 5.41) is 0. The second kappa shape index (κ2) is 7.14. The van der Waals surface area contributed by atoms with E-state index in [-0.39, 0.29) is 6.61 Å². The van der Waals surface area contributed by atoms with E-state index in [1.807, 2.05) is 54.6 Å². The molecule has 2 aromatic carbocycles. The van der Waals surface area contributed by atoms with Gasteiger partial charge in [0, 0.05) is 6.08 Å². The van der Waals surface area contributed by atoms with Gasteiger partial charge in [0.15, 0.2) is 0 Å². The van der Waals surface area contributed by atoms with Crippen LogP contribution in [0.2, 0.25) is 0 Å². The van der Waals surface area contributed by atoms with Crippen LogP contribution < -0.4 is 4.74 Å². The molecule has 0 spiro atoms. The largest absolute Gasteiger partial charge is 0.489 e. The van der Waals surface area contributed by atoms with Gasteiger partial charge in [-0.05, 0) is 23.3 Å². The quantitative estimate of drug-likeness (QED) is 0.594. The lowest BCUT2D eigenvalue weighted by atomic mass is 10.2. The molecule has 102 valence electrons. The first-order chi connectivity index (χ1) is 9.78. The molecule has 2 aromatic rings. The van der Waals surface area contributed by atoms with Gasteiger partial charge in [0.05, 0.1) is 0 Å². The summed E-state index contributed by atoms with van der Waals surface area (Å²) in [6, 6.07) is 17.4. The highest BCUT2D eigenvalue weighted by atomic mass is 16.5. The minimum atomic E-state index is -0.422. The standard InChI is InChI=1S/C17H16O3/c1-2-17(18)20-13-15-8-10-16(11-9-15)19-12-14-6-4-3-5-7-14/h2-11H,1,12-13H2. The average molecular weight is 268 g/mol. The highest BCUT2D eigenvalue weighted by Gasteiger charge is 1.99. The van der Waals surface area contributed by atoms with Crippen LogP contribution in [-0.2, 0) is 22.7 Å². The molecule has 0 fully saturated rings. The summed E-state index contributed by atoms with van der Waals surface area (Å²) < 4.78 is 10.6. The van der Waals surface area contributed by atoms with Gasteiger partial charge in [-0.3, -0.25) is 0 Å². The van der Waals surface area contributed by atoms with Gasteiger partial charge in [-0.2, -0.15) is 0 Å². The van der Waals surface area contributed by atoms with Crippen molar-refractivity contribution in [1.29, 1.82) is 0 Å². The van der Waals surface area contributed by atoms with Crippen molar-refractivity contribution in [3.63, 3.8) is 0 Å². The molecule has 3 heteroatoms. The third-order valence-corrected chi connectivity index (χ3v) is 2.72. The van der Waals surface area contributed by atoms with Crippen molar-refractivity contribution >= 4 is 5.97 Å². The Hall–Kier alpha value is -2.55. The lowest BCUT2D eigenvalue weighted by Crippen LogP contribution is -2.00. The Kier molecular flexibility index (Phi) is 4.95. The minimum Gasteiger partial charge on any atom is -0.489 e. The van der Waals surface area contributed by atoms with Crippen LogP contribution in [0, 0.1) is 0 Å². The first kappa shape index (κ1) is 13.9. The van der Waals surface area contributed by atoms with Crippen molar-refractivity contribution < 1.29 is 14.3 Å². The summed E-state index contributed by atoms with van der Waals surface area (Å²) in [7, 11) is 0. The summed E-state index contributed by atoms with van der Waals surface area (Å²) in [4.78, 5) is 10.9. The molecule has 0 atom stereocenters. The predicted octanol–water partition coefficient (Wildman–Crippen LogP) is 3.49. The number of hydrogen-bond donors (Lipinski definition) is 0. The smallest absolute Gasteiger partial charge is 0.330 e. The fourth-order valence-electron chi connectivity index (χ4n) is 1.64. The molecule has 0 bridgehead atoms. The molecule has 2 rings (SSSR count). The van der Waals surface area contributed by atoms with Gasteiger partial charge >= 0.3 is 5.97 Å². The topological polar surface area (TPSA) is 35.5 Å². The molecule has 0 aliphatic carbocycles. The lowest BCUT2D eigenvalue weighted by molar-refractivity contribution is -0.138. The maximum absolute atomic E-state index is 10.9. The first-order valence-electron chi connectivity index (χ1n) is 6.33. The first-order valence-corrected chi connectivity index (χ1v) is 6.33. The molecule has 0 aromatic heterocycles. The Morgan fingerprint density at radius 3 is 2.25 bits per heavy atom. The van der Waals surface area contributed by atoms with Crippen molar-refractivity contribution in [2.24, 2.45) is 0 Å². The van der Waals surface area contributed by atoms with Crippen LogP contribution in [0.15, 0.2) is 67.3 Å². The van der Waals surface area contributed by atoms with Gasteiger partial charge in [0.25, 0.3) is 0 Å². The Labute approximate surface area is 118 Å². The molecule has 20 heavy (non-hydrogen) atoms. The van der Waals surface area contributed by atoms with Gasteiger partial charge in [0.1, 0.15) is 19.0 Å². The van der Waals surface area contributed by atoms with Gasteiger partial charge in [-0.15, -0.1) is 0 Å². The molecule has 0 N–H and O–H groups in total. The average Bonchev–Trinajstić information content (AvgIpc) is 2.52. The Morgan fingerprint density at radius 2 is 1.60 bits per heavy atom. The van der Waals surface area contributed by atoms with Crippen molar-refractivity contribution in [3.8, 4) is 5.75 Å². The van der Waals surface area contributed by atoms with Gasteiger partial charge in [-0.1, -0.05) is 49.0 Å². The number of benzene rings is 2. The number of carbonyl (C=O) groups excluding carboxylic acids is 1. The predicted molar refractivity (Wildman–Crippen MR) is 77.2 cm³/mol. The number of ether oxygens (including phenoxy) is 2. The third-order valence-electron chi connectivity index (χ3n) is 2.72. The fraction of sp³-hybridized carbons (Fsp3) is 0.118. The Morgan fingerprint density at radius 1 is 0.950 bits per heavy atom. The zero-order chi connectivity index (χ0) is 14.2. The van der Waals surface area contributed by atoms with E-state index < -0.39 is 5.97 Å². The molecule has 0 radical (unpaired) electrons. The maximum Gasteiger partial charge on any atom is 0.330 e. The van der Waals surface area contributed by atoms with E-state index in [9.17, 15) is 4.79 Å². The highest BCUT2D eigenvalue weighted by molar-refractivity contribution is 5.81. The highest BCUT2D eigenvalue weighted by Crippen LogP contribution is 2.14. The normalized spacial score (nSPS) is 9.80.